The highest BCUT2D eigenvalue weighted by atomic mass is 32.2. The van der Waals surface area contributed by atoms with Crippen LogP contribution in [0.1, 0.15) is 18.4 Å². The largest absolute Gasteiger partial charge is 0.464 e. The van der Waals surface area contributed by atoms with Gasteiger partial charge < -0.3 is 14.9 Å². The molecule has 1 aromatic heterocycles. The second-order valence-corrected chi connectivity index (χ2v) is 5.36. The molecule has 0 radical (unpaired) electrons. The van der Waals surface area contributed by atoms with Gasteiger partial charge in [0.1, 0.15) is 5.54 Å². The van der Waals surface area contributed by atoms with Gasteiger partial charge in [-0.05, 0) is 12.5 Å². The molecule has 1 aromatic carbocycles. The van der Waals surface area contributed by atoms with E-state index in [2.05, 4.69) is 10.2 Å². The van der Waals surface area contributed by atoms with Crippen molar-refractivity contribution in [3.8, 4) is 0 Å². The van der Waals surface area contributed by atoms with E-state index in [-0.39, 0.29) is 12.4 Å². The van der Waals surface area contributed by atoms with Crippen molar-refractivity contribution in [2.24, 2.45) is 5.73 Å². The summed E-state index contributed by atoms with van der Waals surface area (Å²) in [4.78, 5) is 12.3. The molecule has 7 heteroatoms. The van der Waals surface area contributed by atoms with E-state index < -0.39 is 11.5 Å². The highest BCUT2D eigenvalue weighted by Crippen LogP contribution is 2.28. The molecular formula is C14H17N3O3S. The molecule has 0 aliphatic rings. The molecule has 0 aliphatic carbocycles. The van der Waals surface area contributed by atoms with Crippen LogP contribution in [0, 0.1) is 6.92 Å². The Morgan fingerprint density at radius 1 is 1.38 bits per heavy atom. The van der Waals surface area contributed by atoms with Gasteiger partial charge in [0, 0.05) is 12.7 Å². The molecular weight excluding hydrogens is 290 g/mol. The van der Waals surface area contributed by atoms with Crippen molar-refractivity contribution in [3.63, 3.8) is 0 Å². The van der Waals surface area contributed by atoms with E-state index in [9.17, 15) is 4.79 Å². The molecule has 1 unspecified atom stereocenters. The molecule has 2 aromatic rings. The third kappa shape index (κ3) is 3.62. The molecule has 0 amide bonds. The van der Waals surface area contributed by atoms with E-state index in [1.807, 2.05) is 18.2 Å². The van der Waals surface area contributed by atoms with Gasteiger partial charge in [0.2, 0.25) is 5.89 Å². The maximum absolute atomic E-state index is 12.3. The molecule has 1 atom stereocenters. The fourth-order valence-corrected chi connectivity index (χ4v) is 2.68. The Bertz CT molecular complexity index is 603. The van der Waals surface area contributed by atoms with Crippen molar-refractivity contribution in [3.05, 3.63) is 41.8 Å². The van der Waals surface area contributed by atoms with Crippen LogP contribution in [0.25, 0.3) is 0 Å². The van der Waals surface area contributed by atoms with Crippen LogP contribution in [0.2, 0.25) is 0 Å². The average molecular weight is 307 g/mol. The van der Waals surface area contributed by atoms with E-state index in [1.165, 1.54) is 11.8 Å². The van der Waals surface area contributed by atoms with Crippen LogP contribution in [0.15, 0.2) is 40.0 Å². The lowest BCUT2D eigenvalue weighted by atomic mass is 9.93. The summed E-state index contributed by atoms with van der Waals surface area (Å²) in [6.45, 7) is 3.72. The molecule has 0 spiro atoms. The van der Waals surface area contributed by atoms with Gasteiger partial charge in [0.25, 0.3) is 5.22 Å². The zero-order valence-corrected chi connectivity index (χ0v) is 12.7. The number of aryl methyl sites for hydroxylation is 1. The van der Waals surface area contributed by atoms with Crippen molar-refractivity contribution in [2.75, 3.05) is 12.4 Å². The molecule has 21 heavy (non-hydrogen) atoms. The maximum Gasteiger partial charge on any atom is 0.331 e. The van der Waals surface area contributed by atoms with Crippen molar-refractivity contribution in [1.82, 2.24) is 10.2 Å². The van der Waals surface area contributed by atoms with E-state index in [4.69, 9.17) is 14.9 Å². The molecule has 0 fully saturated rings. The fraction of sp³-hybridized carbons (Fsp3) is 0.357. The second-order valence-electron chi connectivity index (χ2n) is 4.43. The Labute approximate surface area is 127 Å². The summed E-state index contributed by atoms with van der Waals surface area (Å²) in [6.07, 6.45) is 0. The first-order valence-corrected chi connectivity index (χ1v) is 7.49. The zero-order valence-electron chi connectivity index (χ0n) is 11.9. The molecule has 1 heterocycles. The minimum absolute atomic E-state index is 0.248. The molecule has 0 bridgehead atoms. The Morgan fingerprint density at radius 3 is 2.67 bits per heavy atom. The number of carbonyl (C=O) groups is 1. The van der Waals surface area contributed by atoms with Crippen molar-refractivity contribution in [2.45, 2.75) is 24.6 Å². The first-order valence-electron chi connectivity index (χ1n) is 6.51. The average Bonchev–Trinajstić information content (AvgIpc) is 2.91. The first-order chi connectivity index (χ1) is 10.1. The van der Waals surface area contributed by atoms with Crippen LogP contribution < -0.4 is 5.73 Å². The molecule has 2 N–H and O–H groups in total. The molecule has 0 saturated carbocycles. The van der Waals surface area contributed by atoms with Gasteiger partial charge in [0.05, 0.1) is 6.61 Å². The number of thioether (sulfide) groups is 1. The van der Waals surface area contributed by atoms with Crippen LogP contribution in [0.3, 0.4) is 0 Å². The van der Waals surface area contributed by atoms with Crippen LogP contribution in [-0.2, 0) is 15.1 Å². The third-order valence-corrected chi connectivity index (χ3v) is 3.87. The number of rotatable bonds is 6. The van der Waals surface area contributed by atoms with Gasteiger partial charge in [-0.1, -0.05) is 42.1 Å². The minimum atomic E-state index is -1.26. The monoisotopic (exact) mass is 307 g/mol. The second kappa shape index (κ2) is 6.73. The normalized spacial score (nSPS) is 13.7. The van der Waals surface area contributed by atoms with Gasteiger partial charge in [-0.25, -0.2) is 4.79 Å². The van der Waals surface area contributed by atoms with E-state index in [0.717, 1.165) is 0 Å². The Hall–Kier alpha value is -1.86. The number of nitrogens with zero attached hydrogens (tertiary/aromatic N) is 2. The Morgan fingerprint density at radius 2 is 2.10 bits per heavy atom. The number of esters is 1. The minimum Gasteiger partial charge on any atom is -0.464 e. The van der Waals surface area contributed by atoms with Gasteiger partial charge in [-0.3, -0.25) is 0 Å². The first kappa shape index (κ1) is 15.5. The number of ether oxygens (including phenoxy) is 1. The van der Waals surface area contributed by atoms with Crippen LogP contribution in [0.5, 0.6) is 0 Å². The quantitative estimate of drug-likeness (QED) is 0.643. The molecule has 0 aliphatic heterocycles. The van der Waals surface area contributed by atoms with Crippen LogP contribution in [0.4, 0.5) is 0 Å². The summed E-state index contributed by atoms with van der Waals surface area (Å²) in [6, 6.07) is 9.13. The highest BCUT2D eigenvalue weighted by molar-refractivity contribution is 7.99. The van der Waals surface area contributed by atoms with Gasteiger partial charge in [0.15, 0.2) is 0 Å². The standard InChI is InChI=1S/C14H17N3O3S/c1-3-19-12(18)14(15,11-7-5-4-6-8-11)9-21-13-17-16-10(2)20-13/h4-8H,3,9,15H2,1-2H3. The summed E-state index contributed by atoms with van der Waals surface area (Å²) in [7, 11) is 0. The summed E-state index contributed by atoms with van der Waals surface area (Å²) in [5.74, 6) is 0.244. The van der Waals surface area contributed by atoms with Gasteiger partial charge in [-0.15, -0.1) is 10.2 Å². The number of hydrogen-bond donors (Lipinski definition) is 1. The predicted molar refractivity (Wildman–Crippen MR) is 78.7 cm³/mol. The van der Waals surface area contributed by atoms with Gasteiger partial charge >= 0.3 is 5.97 Å². The topological polar surface area (TPSA) is 91.2 Å². The summed E-state index contributed by atoms with van der Waals surface area (Å²) in [5.41, 5.74) is 5.75. The lowest BCUT2D eigenvalue weighted by Gasteiger charge is -2.26. The summed E-state index contributed by atoms with van der Waals surface area (Å²) < 4.78 is 10.4. The lowest BCUT2D eigenvalue weighted by molar-refractivity contribution is -0.149. The zero-order chi connectivity index (χ0) is 15.3. The lowest BCUT2D eigenvalue weighted by Crippen LogP contribution is -2.48. The highest BCUT2D eigenvalue weighted by Gasteiger charge is 2.38. The Balaban J connectivity index is 2.21. The SMILES string of the molecule is CCOC(=O)C(N)(CSc1nnc(C)o1)c1ccccc1. The van der Waals surface area contributed by atoms with Crippen molar-refractivity contribution >= 4 is 17.7 Å². The Kier molecular flexibility index (Phi) is 4.98. The molecule has 2 rings (SSSR count). The number of benzene rings is 1. The molecule has 112 valence electrons. The third-order valence-electron chi connectivity index (χ3n) is 2.86. The summed E-state index contributed by atoms with van der Waals surface area (Å²) >= 11 is 1.23. The number of aromatic nitrogens is 2. The van der Waals surface area contributed by atoms with Gasteiger partial charge in [-0.2, -0.15) is 0 Å². The van der Waals surface area contributed by atoms with E-state index >= 15 is 0 Å². The van der Waals surface area contributed by atoms with Crippen molar-refractivity contribution in [1.29, 1.82) is 0 Å². The fourth-order valence-electron chi connectivity index (χ4n) is 1.77. The van der Waals surface area contributed by atoms with Crippen LogP contribution in [-0.4, -0.2) is 28.5 Å². The van der Waals surface area contributed by atoms with E-state index in [1.54, 1.807) is 26.0 Å². The smallest absolute Gasteiger partial charge is 0.331 e. The molecule has 0 saturated heterocycles. The summed E-state index contributed by atoms with van der Waals surface area (Å²) in [5, 5.41) is 8.01. The van der Waals surface area contributed by atoms with Crippen LogP contribution >= 0.6 is 11.8 Å². The van der Waals surface area contributed by atoms with E-state index in [0.29, 0.717) is 16.7 Å². The number of nitrogens with two attached hydrogens (primary N) is 1. The maximum atomic E-state index is 12.3. The number of carbonyl (C=O) groups excluding carboxylic acids is 1. The number of hydrogen-bond acceptors (Lipinski definition) is 7. The predicted octanol–water partition coefficient (Wildman–Crippen LogP) is 1.89. The van der Waals surface area contributed by atoms with Crippen molar-refractivity contribution < 1.29 is 13.9 Å². The molecule has 6 nitrogen and oxygen atoms in total.